The van der Waals surface area contributed by atoms with Crippen molar-refractivity contribution in [3.63, 3.8) is 0 Å². The molecule has 1 amide bonds. The molecule has 0 aromatic rings. The Kier molecular flexibility index (Phi) is 3.62. The third-order valence-corrected chi connectivity index (χ3v) is 2.83. The molecule has 2 atom stereocenters. The summed E-state index contributed by atoms with van der Waals surface area (Å²) in [6.07, 6.45) is -2.44. The summed E-state index contributed by atoms with van der Waals surface area (Å²) in [4.78, 5) is 11.5. The second-order valence-electron chi connectivity index (χ2n) is 4.60. The van der Waals surface area contributed by atoms with Crippen molar-refractivity contribution in [3.05, 3.63) is 0 Å². The monoisotopic (exact) mass is 223 g/mol. The van der Waals surface area contributed by atoms with Gasteiger partial charge in [-0.2, -0.15) is 0 Å². The van der Waals surface area contributed by atoms with Crippen LogP contribution in [-0.2, 0) is 4.79 Å². The molecular weight excluding hydrogens is 207 g/mol. The molecule has 1 aliphatic rings. The molecule has 0 aliphatic heterocycles. The van der Waals surface area contributed by atoms with Crippen molar-refractivity contribution in [3.8, 4) is 0 Å². The average Bonchev–Trinajstić information content (AvgIpc) is 2.50. The van der Waals surface area contributed by atoms with Crippen LogP contribution in [0.15, 0.2) is 0 Å². The van der Waals surface area contributed by atoms with Crippen molar-refractivity contribution in [1.82, 2.24) is 5.32 Å². The molecular formula is C10H16F3NO. The summed E-state index contributed by atoms with van der Waals surface area (Å²) >= 11 is 0. The predicted molar refractivity (Wildman–Crippen MR) is 50.5 cm³/mol. The lowest BCUT2D eigenvalue weighted by molar-refractivity contribution is -0.138. The highest BCUT2D eigenvalue weighted by Gasteiger charge is 2.39. The second kappa shape index (κ2) is 4.41. The fourth-order valence-electron chi connectivity index (χ4n) is 1.53. The predicted octanol–water partition coefficient (Wildman–Crippen LogP) is 2.28. The van der Waals surface area contributed by atoms with Gasteiger partial charge in [0, 0.05) is 6.04 Å². The van der Waals surface area contributed by atoms with Crippen molar-refractivity contribution >= 4 is 5.91 Å². The van der Waals surface area contributed by atoms with Gasteiger partial charge < -0.3 is 5.32 Å². The number of nitrogens with one attached hydrogen (secondary N) is 1. The molecule has 1 N–H and O–H groups in total. The lowest BCUT2D eigenvalue weighted by Crippen LogP contribution is -2.45. The van der Waals surface area contributed by atoms with Crippen molar-refractivity contribution in [2.75, 3.05) is 0 Å². The second-order valence-corrected chi connectivity index (χ2v) is 4.60. The molecule has 0 spiro atoms. The molecule has 0 bridgehead atoms. The van der Waals surface area contributed by atoms with E-state index in [1.807, 2.05) is 0 Å². The molecule has 88 valence electrons. The maximum Gasteiger partial charge on any atom is 0.252 e. The Hall–Kier alpha value is -0.740. The Bertz CT molecular complexity index is 243. The average molecular weight is 223 g/mol. The van der Waals surface area contributed by atoms with Gasteiger partial charge in [-0.05, 0) is 33.1 Å². The molecule has 0 aromatic heterocycles. The highest BCUT2D eigenvalue weighted by atomic mass is 19.3. The van der Waals surface area contributed by atoms with Crippen molar-refractivity contribution in [1.29, 1.82) is 0 Å². The van der Waals surface area contributed by atoms with Gasteiger partial charge in [0.1, 0.15) is 11.6 Å². The van der Waals surface area contributed by atoms with Crippen LogP contribution in [0.3, 0.4) is 0 Å². The first-order valence-electron chi connectivity index (χ1n) is 5.07. The lowest BCUT2D eigenvalue weighted by Gasteiger charge is -2.24. The zero-order chi connectivity index (χ0) is 11.6. The van der Waals surface area contributed by atoms with Gasteiger partial charge in [-0.25, -0.2) is 13.2 Å². The fraction of sp³-hybridized carbons (Fsp3) is 0.900. The van der Waals surface area contributed by atoms with E-state index in [1.165, 1.54) is 13.8 Å². The molecule has 15 heavy (non-hydrogen) atoms. The number of amides is 1. The Morgan fingerprint density at radius 3 is 2.40 bits per heavy atom. The maximum absolute atomic E-state index is 12.8. The molecule has 0 heterocycles. The highest BCUT2D eigenvalue weighted by Crippen LogP contribution is 2.27. The van der Waals surface area contributed by atoms with Gasteiger partial charge >= 0.3 is 0 Å². The molecule has 2 unspecified atom stereocenters. The van der Waals surface area contributed by atoms with Crippen LogP contribution in [0.2, 0.25) is 0 Å². The van der Waals surface area contributed by atoms with Crippen LogP contribution >= 0.6 is 0 Å². The quantitative estimate of drug-likeness (QED) is 0.781. The van der Waals surface area contributed by atoms with E-state index in [0.717, 1.165) is 0 Å². The Labute approximate surface area is 87.2 Å². The van der Waals surface area contributed by atoms with Gasteiger partial charge in [0.25, 0.3) is 6.43 Å². The number of rotatable bonds is 3. The molecule has 1 rings (SSSR count). The van der Waals surface area contributed by atoms with E-state index in [9.17, 15) is 18.0 Å². The van der Waals surface area contributed by atoms with E-state index >= 15 is 0 Å². The van der Waals surface area contributed by atoms with Gasteiger partial charge in [0.05, 0.1) is 0 Å². The van der Waals surface area contributed by atoms with Crippen LogP contribution in [0, 0.1) is 5.41 Å². The highest BCUT2D eigenvalue weighted by molar-refractivity contribution is 5.82. The van der Waals surface area contributed by atoms with Crippen LogP contribution in [0.25, 0.3) is 0 Å². The van der Waals surface area contributed by atoms with Crippen molar-refractivity contribution in [2.45, 2.75) is 51.7 Å². The van der Waals surface area contributed by atoms with Gasteiger partial charge in [-0.3, -0.25) is 4.79 Å². The first-order chi connectivity index (χ1) is 6.84. The Balaban J connectivity index is 2.48. The summed E-state index contributed by atoms with van der Waals surface area (Å²) < 4.78 is 37.7. The number of carbonyl (C=O) groups is 1. The largest absolute Gasteiger partial charge is 0.353 e. The van der Waals surface area contributed by atoms with Gasteiger partial charge in [-0.1, -0.05) is 0 Å². The topological polar surface area (TPSA) is 29.1 Å². The Morgan fingerprint density at radius 2 is 2.00 bits per heavy atom. The van der Waals surface area contributed by atoms with Crippen LogP contribution in [0.5, 0.6) is 0 Å². The van der Waals surface area contributed by atoms with E-state index in [-0.39, 0.29) is 12.5 Å². The minimum Gasteiger partial charge on any atom is -0.353 e. The van der Waals surface area contributed by atoms with Crippen LogP contribution in [-0.4, -0.2) is 24.5 Å². The minimum atomic E-state index is -2.71. The normalized spacial score (nSPS) is 27.1. The number of halogens is 3. The number of alkyl halides is 3. The SMILES string of the molecule is CC(C)(C(=O)NC1CCC(F)C1)C(F)F. The van der Waals surface area contributed by atoms with E-state index < -0.39 is 23.9 Å². The van der Waals surface area contributed by atoms with E-state index in [1.54, 1.807) is 0 Å². The molecule has 1 saturated carbocycles. The number of hydrogen-bond acceptors (Lipinski definition) is 1. The van der Waals surface area contributed by atoms with Crippen molar-refractivity contribution < 1.29 is 18.0 Å². The molecule has 2 nitrogen and oxygen atoms in total. The zero-order valence-electron chi connectivity index (χ0n) is 8.90. The van der Waals surface area contributed by atoms with E-state index in [4.69, 9.17) is 0 Å². The molecule has 5 heteroatoms. The zero-order valence-corrected chi connectivity index (χ0v) is 8.90. The van der Waals surface area contributed by atoms with Crippen molar-refractivity contribution in [2.24, 2.45) is 5.41 Å². The fourth-order valence-corrected chi connectivity index (χ4v) is 1.53. The maximum atomic E-state index is 12.8. The summed E-state index contributed by atoms with van der Waals surface area (Å²) in [5, 5.41) is 2.47. The van der Waals surface area contributed by atoms with Gasteiger partial charge in [0.2, 0.25) is 5.91 Å². The summed E-state index contributed by atoms with van der Waals surface area (Å²) in [6.45, 7) is 2.38. The first-order valence-corrected chi connectivity index (χ1v) is 5.07. The van der Waals surface area contributed by atoms with Gasteiger partial charge in [-0.15, -0.1) is 0 Å². The van der Waals surface area contributed by atoms with Crippen LogP contribution in [0.4, 0.5) is 13.2 Å². The summed E-state index contributed by atoms with van der Waals surface area (Å²) in [7, 11) is 0. The van der Waals surface area contributed by atoms with Gasteiger partial charge in [0.15, 0.2) is 0 Å². The molecule has 0 radical (unpaired) electrons. The van der Waals surface area contributed by atoms with Crippen LogP contribution < -0.4 is 5.32 Å². The number of hydrogen-bond donors (Lipinski definition) is 1. The third-order valence-electron chi connectivity index (χ3n) is 2.83. The summed E-state index contributed by atoms with van der Waals surface area (Å²) in [5.74, 6) is -0.698. The smallest absolute Gasteiger partial charge is 0.252 e. The molecule has 0 saturated heterocycles. The third kappa shape index (κ3) is 2.86. The lowest BCUT2D eigenvalue weighted by atomic mass is 9.92. The molecule has 1 fully saturated rings. The molecule has 0 aromatic carbocycles. The molecule has 1 aliphatic carbocycles. The van der Waals surface area contributed by atoms with Crippen LogP contribution in [0.1, 0.15) is 33.1 Å². The number of carbonyl (C=O) groups excluding carboxylic acids is 1. The summed E-state index contributed by atoms with van der Waals surface area (Å²) in [5.41, 5.74) is -1.70. The summed E-state index contributed by atoms with van der Waals surface area (Å²) in [6, 6.07) is -0.287. The van der Waals surface area contributed by atoms with E-state index in [2.05, 4.69) is 5.32 Å². The standard InChI is InChI=1S/C10H16F3NO/c1-10(2,8(12)13)9(15)14-7-4-3-6(11)5-7/h6-8H,3-5H2,1-2H3,(H,14,15). The first kappa shape index (κ1) is 12.3. The van der Waals surface area contributed by atoms with E-state index in [0.29, 0.717) is 12.8 Å². The minimum absolute atomic E-state index is 0.241. The Morgan fingerprint density at radius 1 is 1.40 bits per heavy atom.